The summed E-state index contributed by atoms with van der Waals surface area (Å²) < 4.78 is 1.81. The lowest BCUT2D eigenvalue weighted by atomic mass is 10.1. The molecule has 0 unspecified atom stereocenters. The van der Waals surface area contributed by atoms with Crippen LogP contribution in [0.5, 0.6) is 0 Å². The number of nitrogens with two attached hydrogens (primary N) is 1. The molecule has 19 heavy (non-hydrogen) atoms. The van der Waals surface area contributed by atoms with E-state index in [4.69, 9.17) is 17.3 Å². The van der Waals surface area contributed by atoms with Crippen LogP contribution in [0.2, 0.25) is 5.02 Å². The third kappa shape index (κ3) is 1.98. The summed E-state index contributed by atoms with van der Waals surface area (Å²) in [5.41, 5.74) is 7.49. The Morgan fingerprint density at radius 1 is 1.37 bits per heavy atom. The van der Waals surface area contributed by atoms with Crippen LogP contribution in [0, 0.1) is 0 Å². The van der Waals surface area contributed by atoms with Crippen molar-refractivity contribution in [3.63, 3.8) is 0 Å². The third-order valence-electron chi connectivity index (χ3n) is 2.97. The molecule has 6 heteroatoms. The zero-order valence-electron chi connectivity index (χ0n) is 9.93. The van der Waals surface area contributed by atoms with Crippen molar-refractivity contribution >= 4 is 29.0 Å². The van der Waals surface area contributed by atoms with Crippen LogP contribution in [0.25, 0.3) is 5.70 Å². The molecular formula is C13H11ClN4O. The number of imidazole rings is 1. The van der Waals surface area contributed by atoms with E-state index in [0.717, 1.165) is 11.3 Å². The fourth-order valence-electron chi connectivity index (χ4n) is 2.10. The Hall–Kier alpha value is -2.27. The van der Waals surface area contributed by atoms with Crippen molar-refractivity contribution in [2.24, 2.45) is 5.73 Å². The van der Waals surface area contributed by atoms with Crippen LogP contribution in [0.3, 0.4) is 0 Å². The molecule has 1 aromatic heterocycles. The Labute approximate surface area is 114 Å². The molecule has 0 atom stereocenters. The van der Waals surface area contributed by atoms with E-state index in [1.54, 1.807) is 6.33 Å². The van der Waals surface area contributed by atoms with E-state index in [1.165, 1.54) is 0 Å². The van der Waals surface area contributed by atoms with Gasteiger partial charge in [-0.3, -0.25) is 9.36 Å². The van der Waals surface area contributed by atoms with Crippen LogP contribution >= 0.6 is 11.6 Å². The SMILES string of the molecule is NC(=O)c1ncn2c1NCC=C2c1ccc(Cl)cc1. The van der Waals surface area contributed by atoms with Crippen LogP contribution in [0.15, 0.2) is 36.7 Å². The fraction of sp³-hybridized carbons (Fsp3) is 0.0769. The lowest BCUT2D eigenvalue weighted by Crippen LogP contribution is -2.19. The number of aromatic nitrogens is 2. The molecule has 0 radical (unpaired) electrons. The topological polar surface area (TPSA) is 72.9 Å². The Morgan fingerprint density at radius 2 is 2.11 bits per heavy atom. The second kappa shape index (κ2) is 4.44. The number of primary amides is 1. The first kappa shape index (κ1) is 11.8. The number of hydrogen-bond donors (Lipinski definition) is 2. The maximum atomic E-state index is 11.3. The number of amides is 1. The van der Waals surface area contributed by atoms with Crippen LogP contribution in [0.4, 0.5) is 5.82 Å². The minimum atomic E-state index is -0.543. The van der Waals surface area contributed by atoms with Gasteiger partial charge in [-0.05, 0) is 23.8 Å². The number of nitrogens with one attached hydrogen (secondary N) is 1. The highest BCUT2D eigenvalue weighted by Crippen LogP contribution is 2.27. The zero-order valence-corrected chi connectivity index (χ0v) is 10.7. The van der Waals surface area contributed by atoms with Crippen molar-refractivity contribution < 1.29 is 4.79 Å². The number of anilines is 1. The van der Waals surface area contributed by atoms with Gasteiger partial charge in [-0.1, -0.05) is 23.7 Å². The van der Waals surface area contributed by atoms with E-state index < -0.39 is 5.91 Å². The van der Waals surface area contributed by atoms with E-state index in [1.807, 2.05) is 34.9 Å². The highest BCUT2D eigenvalue weighted by molar-refractivity contribution is 6.30. The first-order valence-electron chi connectivity index (χ1n) is 5.74. The number of halogens is 1. The largest absolute Gasteiger partial charge is 0.366 e. The number of benzene rings is 1. The van der Waals surface area contributed by atoms with Gasteiger partial charge in [0, 0.05) is 11.6 Å². The highest BCUT2D eigenvalue weighted by atomic mass is 35.5. The lowest BCUT2D eigenvalue weighted by Gasteiger charge is -2.19. The number of hydrogen-bond acceptors (Lipinski definition) is 3. The van der Waals surface area contributed by atoms with Gasteiger partial charge in [-0.15, -0.1) is 0 Å². The second-order valence-corrected chi connectivity index (χ2v) is 4.59. The van der Waals surface area contributed by atoms with Gasteiger partial charge in [-0.25, -0.2) is 4.98 Å². The Bertz CT molecular complexity index is 672. The third-order valence-corrected chi connectivity index (χ3v) is 3.22. The zero-order chi connectivity index (χ0) is 13.4. The standard InChI is InChI=1S/C13H11ClN4O/c14-9-3-1-8(2-4-9)10-5-6-16-13-11(12(15)19)17-7-18(10)13/h1-5,7,16H,6H2,(H2,15,19). The summed E-state index contributed by atoms with van der Waals surface area (Å²) in [6.07, 6.45) is 3.60. The molecule has 0 aliphatic carbocycles. The highest BCUT2D eigenvalue weighted by Gasteiger charge is 2.20. The summed E-state index contributed by atoms with van der Waals surface area (Å²) in [5.74, 6) is 0.0820. The molecule has 1 aromatic carbocycles. The average molecular weight is 275 g/mol. The van der Waals surface area contributed by atoms with E-state index in [-0.39, 0.29) is 5.69 Å². The molecule has 1 amide bonds. The van der Waals surface area contributed by atoms with Gasteiger partial charge in [-0.2, -0.15) is 0 Å². The van der Waals surface area contributed by atoms with Crippen LogP contribution in [-0.4, -0.2) is 22.0 Å². The van der Waals surface area contributed by atoms with Crippen molar-refractivity contribution in [3.05, 3.63) is 52.9 Å². The minimum Gasteiger partial charge on any atom is -0.366 e. The van der Waals surface area contributed by atoms with Crippen molar-refractivity contribution in [3.8, 4) is 0 Å². The smallest absolute Gasteiger partial charge is 0.271 e. The molecule has 0 fully saturated rings. The van der Waals surface area contributed by atoms with Gasteiger partial charge in [0.15, 0.2) is 5.69 Å². The number of carbonyl (C=O) groups is 1. The van der Waals surface area contributed by atoms with Crippen LogP contribution in [0.1, 0.15) is 16.1 Å². The molecule has 0 spiro atoms. The van der Waals surface area contributed by atoms with Gasteiger partial charge >= 0.3 is 0 Å². The lowest BCUT2D eigenvalue weighted by molar-refractivity contribution is 0.0997. The molecule has 5 nitrogen and oxygen atoms in total. The predicted octanol–water partition coefficient (Wildman–Crippen LogP) is 1.95. The summed E-state index contributed by atoms with van der Waals surface area (Å²) in [6, 6.07) is 7.50. The van der Waals surface area contributed by atoms with Crippen LogP contribution in [-0.2, 0) is 0 Å². The molecule has 1 aliphatic rings. The molecular weight excluding hydrogens is 264 g/mol. The van der Waals surface area contributed by atoms with Gasteiger partial charge < -0.3 is 11.1 Å². The Kier molecular flexibility index (Phi) is 2.76. The Balaban J connectivity index is 2.09. The summed E-state index contributed by atoms with van der Waals surface area (Å²) in [4.78, 5) is 15.3. The number of rotatable bonds is 2. The van der Waals surface area contributed by atoms with Crippen molar-refractivity contribution in [1.82, 2.24) is 9.55 Å². The van der Waals surface area contributed by atoms with Gasteiger partial charge in [0.1, 0.15) is 12.1 Å². The molecule has 0 bridgehead atoms. The molecule has 0 saturated heterocycles. The molecule has 3 N–H and O–H groups in total. The molecule has 96 valence electrons. The number of fused-ring (bicyclic) bond motifs is 1. The van der Waals surface area contributed by atoms with E-state index in [0.29, 0.717) is 17.4 Å². The van der Waals surface area contributed by atoms with Gasteiger partial charge in [0.2, 0.25) is 0 Å². The van der Waals surface area contributed by atoms with Crippen molar-refractivity contribution in [2.75, 3.05) is 11.9 Å². The van der Waals surface area contributed by atoms with Crippen LogP contribution < -0.4 is 11.1 Å². The number of carbonyl (C=O) groups excluding carboxylic acids is 1. The molecule has 0 saturated carbocycles. The van der Waals surface area contributed by atoms with E-state index in [2.05, 4.69) is 10.3 Å². The summed E-state index contributed by atoms with van der Waals surface area (Å²) in [7, 11) is 0. The van der Waals surface area contributed by atoms with Crippen molar-refractivity contribution in [1.29, 1.82) is 0 Å². The molecule has 1 aliphatic heterocycles. The maximum Gasteiger partial charge on any atom is 0.271 e. The molecule has 3 rings (SSSR count). The Morgan fingerprint density at radius 3 is 2.79 bits per heavy atom. The fourth-order valence-corrected chi connectivity index (χ4v) is 2.23. The summed E-state index contributed by atoms with van der Waals surface area (Å²) in [6.45, 7) is 0.615. The predicted molar refractivity (Wildman–Crippen MR) is 74.1 cm³/mol. The normalized spacial score (nSPS) is 13.4. The monoisotopic (exact) mass is 274 g/mol. The summed E-state index contributed by atoms with van der Waals surface area (Å²) in [5, 5.41) is 3.78. The quantitative estimate of drug-likeness (QED) is 0.879. The van der Waals surface area contributed by atoms with Gasteiger partial charge in [0.05, 0.1) is 5.70 Å². The van der Waals surface area contributed by atoms with E-state index in [9.17, 15) is 4.79 Å². The first-order chi connectivity index (χ1) is 9.16. The molecule has 2 aromatic rings. The first-order valence-corrected chi connectivity index (χ1v) is 6.12. The second-order valence-electron chi connectivity index (χ2n) is 4.15. The average Bonchev–Trinajstić information content (AvgIpc) is 2.83. The van der Waals surface area contributed by atoms with Crippen molar-refractivity contribution in [2.45, 2.75) is 0 Å². The molecule has 2 heterocycles. The maximum absolute atomic E-state index is 11.3. The van der Waals surface area contributed by atoms with E-state index >= 15 is 0 Å². The van der Waals surface area contributed by atoms with Gasteiger partial charge in [0.25, 0.3) is 5.91 Å². The summed E-state index contributed by atoms with van der Waals surface area (Å²) >= 11 is 5.88. The number of nitrogens with zero attached hydrogens (tertiary/aromatic N) is 2. The minimum absolute atomic E-state index is 0.250.